The van der Waals surface area contributed by atoms with Crippen molar-refractivity contribution in [3.63, 3.8) is 0 Å². The highest BCUT2D eigenvalue weighted by Gasteiger charge is 2.22. The Morgan fingerprint density at radius 1 is 1.24 bits per heavy atom. The number of carbonyl (C=O) groups excluding carboxylic acids is 1. The Bertz CT molecular complexity index is 242. The second-order valence-electron chi connectivity index (χ2n) is 3.90. The van der Waals surface area contributed by atoms with Crippen molar-refractivity contribution in [3.05, 3.63) is 0 Å². The average molecular weight is 261 g/mol. The second kappa shape index (κ2) is 9.33. The number of amides is 1. The minimum atomic E-state index is -0.944. The van der Waals surface area contributed by atoms with E-state index in [9.17, 15) is 9.59 Å². The molecule has 0 aliphatic carbocycles. The summed E-state index contributed by atoms with van der Waals surface area (Å²) in [6.45, 7) is 5.91. The van der Waals surface area contributed by atoms with Crippen LogP contribution < -0.4 is 5.32 Å². The number of aliphatic carboxylic acids is 1. The molecule has 1 atom stereocenters. The van der Waals surface area contributed by atoms with Crippen LogP contribution in [0.3, 0.4) is 0 Å². The lowest BCUT2D eigenvalue weighted by Gasteiger charge is -2.18. The molecule has 0 saturated heterocycles. The summed E-state index contributed by atoms with van der Waals surface area (Å²) in [6.07, 6.45) is 1.98. The molecule has 0 rings (SSSR count). The van der Waals surface area contributed by atoms with Crippen molar-refractivity contribution in [3.8, 4) is 0 Å². The number of carboxylic acids is 1. The third-order valence-corrected chi connectivity index (χ3v) is 3.66. The molecule has 5 heteroatoms. The van der Waals surface area contributed by atoms with Gasteiger partial charge >= 0.3 is 5.97 Å². The maximum Gasteiger partial charge on any atom is 0.326 e. The highest BCUT2D eigenvalue weighted by Crippen LogP contribution is 2.09. The van der Waals surface area contributed by atoms with Crippen molar-refractivity contribution in [2.45, 2.75) is 46.1 Å². The summed E-state index contributed by atoms with van der Waals surface area (Å²) in [6, 6.07) is -0.748. The zero-order chi connectivity index (χ0) is 13.3. The van der Waals surface area contributed by atoms with Gasteiger partial charge in [-0.3, -0.25) is 4.79 Å². The van der Waals surface area contributed by atoms with E-state index in [1.54, 1.807) is 11.8 Å². The number of rotatable bonds is 9. The van der Waals surface area contributed by atoms with Crippen LogP contribution in [-0.2, 0) is 9.59 Å². The second-order valence-corrected chi connectivity index (χ2v) is 5.29. The predicted molar refractivity (Wildman–Crippen MR) is 71.3 cm³/mol. The SMILES string of the molecule is CCSCCC(NC(=O)C(CC)CC)C(=O)O. The van der Waals surface area contributed by atoms with E-state index in [0.29, 0.717) is 6.42 Å². The number of nitrogens with one attached hydrogen (secondary N) is 1. The first-order valence-corrected chi connectivity index (χ1v) is 7.33. The maximum atomic E-state index is 11.8. The van der Waals surface area contributed by atoms with E-state index in [-0.39, 0.29) is 11.8 Å². The van der Waals surface area contributed by atoms with Crippen LogP contribution in [0.25, 0.3) is 0 Å². The van der Waals surface area contributed by atoms with Crippen LogP contribution in [0, 0.1) is 5.92 Å². The molecule has 0 radical (unpaired) electrons. The Hall–Kier alpha value is -0.710. The topological polar surface area (TPSA) is 66.4 Å². The molecule has 0 aromatic heterocycles. The van der Waals surface area contributed by atoms with Gasteiger partial charge in [-0.1, -0.05) is 20.8 Å². The Kier molecular flexibility index (Phi) is 8.94. The Balaban J connectivity index is 4.23. The molecule has 0 fully saturated rings. The number of hydrogen-bond acceptors (Lipinski definition) is 3. The first kappa shape index (κ1) is 16.3. The molecular formula is C12H23NO3S. The van der Waals surface area contributed by atoms with E-state index < -0.39 is 12.0 Å². The molecule has 1 unspecified atom stereocenters. The summed E-state index contributed by atoms with van der Waals surface area (Å²) in [7, 11) is 0. The van der Waals surface area contributed by atoms with Crippen molar-refractivity contribution in [1.82, 2.24) is 5.32 Å². The average Bonchev–Trinajstić information content (AvgIpc) is 2.29. The lowest BCUT2D eigenvalue weighted by Crippen LogP contribution is -2.43. The first-order chi connectivity index (χ1) is 8.06. The summed E-state index contributed by atoms with van der Waals surface area (Å²) >= 11 is 1.69. The van der Waals surface area contributed by atoms with E-state index in [1.165, 1.54) is 0 Å². The van der Waals surface area contributed by atoms with E-state index >= 15 is 0 Å². The van der Waals surface area contributed by atoms with Crippen LogP contribution >= 0.6 is 11.8 Å². The number of hydrogen-bond donors (Lipinski definition) is 2. The minimum Gasteiger partial charge on any atom is -0.480 e. The molecular weight excluding hydrogens is 238 g/mol. The Labute approximate surface area is 108 Å². The number of thioether (sulfide) groups is 1. The summed E-state index contributed by atoms with van der Waals surface area (Å²) < 4.78 is 0. The van der Waals surface area contributed by atoms with Gasteiger partial charge in [-0.15, -0.1) is 0 Å². The van der Waals surface area contributed by atoms with Gasteiger partial charge in [0.1, 0.15) is 6.04 Å². The molecule has 0 aromatic carbocycles. The van der Waals surface area contributed by atoms with Gasteiger partial charge in [-0.05, 0) is 30.8 Å². The van der Waals surface area contributed by atoms with Crippen LogP contribution in [-0.4, -0.2) is 34.5 Å². The van der Waals surface area contributed by atoms with Crippen molar-refractivity contribution in [2.24, 2.45) is 5.92 Å². The molecule has 17 heavy (non-hydrogen) atoms. The highest BCUT2D eigenvalue weighted by atomic mass is 32.2. The van der Waals surface area contributed by atoms with Crippen LogP contribution in [0.2, 0.25) is 0 Å². The van der Waals surface area contributed by atoms with Crippen LogP contribution in [0.4, 0.5) is 0 Å². The van der Waals surface area contributed by atoms with Gasteiger partial charge in [-0.2, -0.15) is 11.8 Å². The predicted octanol–water partition coefficient (Wildman–Crippen LogP) is 2.14. The first-order valence-electron chi connectivity index (χ1n) is 6.17. The molecule has 1 amide bonds. The smallest absolute Gasteiger partial charge is 0.326 e. The fourth-order valence-electron chi connectivity index (χ4n) is 1.55. The Morgan fingerprint density at radius 2 is 1.82 bits per heavy atom. The van der Waals surface area contributed by atoms with Gasteiger partial charge in [0.2, 0.25) is 5.91 Å². The number of carbonyl (C=O) groups is 2. The van der Waals surface area contributed by atoms with E-state index in [2.05, 4.69) is 5.32 Å². The molecule has 0 aliphatic heterocycles. The molecule has 2 N–H and O–H groups in total. The van der Waals surface area contributed by atoms with Gasteiger partial charge in [0.25, 0.3) is 0 Å². The van der Waals surface area contributed by atoms with E-state index in [0.717, 1.165) is 24.3 Å². The number of carboxylic acid groups (broad SMARTS) is 1. The lowest BCUT2D eigenvalue weighted by molar-refractivity contribution is -0.142. The van der Waals surface area contributed by atoms with Gasteiger partial charge < -0.3 is 10.4 Å². The van der Waals surface area contributed by atoms with Crippen LogP contribution in [0.5, 0.6) is 0 Å². The van der Waals surface area contributed by atoms with Crippen LogP contribution in [0.1, 0.15) is 40.0 Å². The molecule has 0 spiro atoms. The highest BCUT2D eigenvalue weighted by molar-refractivity contribution is 7.99. The molecule has 0 aromatic rings. The third-order valence-electron chi connectivity index (χ3n) is 2.73. The van der Waals surface area contributed by atoms with Crippen molar-refractivity contribution < 1.29 is 14.7 Å². The normalized spacial score (nSPS) is 12.5. The lowest BCUT2D eigenvalue weighted by atomic mass is 10.0. The summed E-state index contributed by atoms with van der Waals surface area (Å²) in [5.74, 6) is 0.573. The quantitative estimate of drug-likeness (QED) is 0.624. The van der Waals surface area contributed by atoms with Gasteiger partial charge in [0, 0.05) is 5.92 Å². The fraction of sp³-hybridized carbons (Fsp3) is 0.833. The monoisotopic (exact) mass is 261 g/mol. The third kappa shape index (κ3) is 6.56. The molecule has 100 valence electrons. The molecule has 0 bridgehead atoms. The van der Waals surface area contributed by atoms with Gasteiger partial charge in [0.05, 0.1) is 0 Å². The van der Waals surface area contributed by atoms with Gasteiger partial charge in [-0.25, -0.2) is 4.79 Å². The standard InChI is InChI=1S/C12H23NO3S/c1-4-9(5-2)11(14)13-10(12(15)16)7-8-17-6-3/h9-10H,4-8H2,1-3H3,(H,13,14)(H,15,16). The Morgan fingerprint density at radius 3 is 2.24 bits per heavy atom. The fourth-order valence-corrected chi connectivity index (χ4v) is 2.24. The maximum absolute atomic E-state index is 11.8. The van der Waals surface area contributed by atoms with E-state index in [4.69, 9.17) is 5.11 Å². The van der Waals surface area contributed by atoms with Crippen molar-refractivity contribution in [1.29, 1.82) is 0 Å². The summed E-state index contributed by atoms with van der Waals surface area (Å²) in [5, 5.41) is 11.7. The van der Waals surface area contributed by atoms with Crippen molar-refractivity contribution >= 4 is 23.6 Å². The van der Waals surface area contributed by atoms with Gasteiger partial charge in [0.15, 0.2) is 0 Å². The molecule has 0 aliphatic rings. The zero-order valence-corrected chi connectivity index (χ0v) is 11.7. The molecule has 0 saturated carbocycles. The van der Waals surface area contributed by atoms with Crippen LogP contribution in [0.15, 0.2) is 0 Å². The molecule has 0 heterocycles. The largest absolute Gasteiger partial charge is 0.480 e. The van der Waals surface area contributed by atoms with Crippen molar-refractivity contribution in [2.75, 3.05) is 11.5 Å². The minimum absolute atomic E-state index is 0.0734. The summed E-state index contributed by atoms with van der Waals surface area (Å²) in [4.78, 5) is 22.8. The molecule has 4 nitrogen and oxygen atoms in total. The summed E-state index contributed by atoms with van der Waals surface area (Å²) in [5.41, 5.74) is 0. The zero-order valence-electron chi connectivity index (χ0n) is 10.9. The van der Waals surface area contributed by atoms with E-state index in [1.807, 2.05) is 20.8 Å².